The summed E-state index contributed by atoms with van der Waals surface area (Å²) in [6, 6.07) is 0.908. The molecule has 2 unspecified atom stereocenters. The number of halogens is 5. The number of allylic oxidation sites excluding steroid dienone is 1. The van der Waals surface area contributed by atoms with Crippen molar-refractivity contribution in [1.82, 2.24) is 25.0 Å². The van der Waals surface area contributed by atoms with Gasteiger partial charge in [0.1, 0.15) is 30.1 Å². The Balaban J connectivity index is 1.78. The van der Waals surface area contributed by atoms with E-state index in [1.54, 1.807) is 4.90 Å². The minimum atomic E-state index is -4.63. The highest BCUT2D eigenvalue weighted by atomic mass is 19.4. The molecular weight excluding hydrogens is 499 g/mol. The highest BCUT2D eigenvalue weighted by Gasteiger charge is 2.41. The van der Waals surface area contributed by atoms with Gasteiger partial charge in [-0.3, -0.25) is 19.5 Å². The number of carbonyl (C=O) groups is 1. The highest BCUT2D eigenvalue weighted by molar-refractivity contribution is 5.98. The van der Waals surface area contributed by atoms with E-state index in [1.807, 2.05) is 0 Å². The number of aliphatic hydroxyl groups excluding tert-OH is 1. The number of nitrogens with zero attached hydrogens (tertiary/aromatic N) is 5. The lowest BCUT2D eigenvalue weighted by Crippen LogP contribution is -2.56. The molecule has 13 heteroatoms. The van der Waals surface area contributed by atoms with Gasteiger partial charge in [-0.2, -0.15) is 18.3 Å². The van der Waals surface area contributed by atoms with Gasteiger partial charge in [-0.05, 0) is 38.2 Å². The Hall–Kier alpha value is -3.61. The quantitative estimate of drug-likeness (QED) is 0.414. The first-order valence-electron chi connectivity index (χ1n) is 11.6. The summed E-state index contributed by atoms with van der Waals surface area (Å²) in [6.45, 7) is 1.57. The topological polar surface area (TPSA) is 95.6 Å². The Bertz CT molecular complexity index is 1250. The summed E-state index contributed by atoms with van der Waals surface area (Å²) in [6.07, 6.45) is 2.16. The summed E-state index contributed by atoms with van der Waals surface area (Å²) in [5.41, 5.74) is -0.186. The Morgan fingerprint density at radius 3 is 2.62 bits per heavy atom. The molecule has 2 aliphatic rings. The number of rotatable bonds is 7. The van der Waals surface area contributed by atoms with Gasteiger partial charge < -0.3 is 15.3 Å². The molecule has 0 aromatic carbocycles. The van der Waals surface area contributed by atoms with Crippen molar-refractivity contribution in [2.24, 2.45) is 4.99 Å². The van der Waals surface area contributed by atoms with Crippen LogP contribution in [-0.4, -0.2) is 61.3 Å². The van der Waals surface area contributed by atoms with Crippen LogP contribution in [0.25, 0.3) is 16.6 Å². The second-order valence-corrected chi connectivity index (χ2v) is 8.99. The minimum Gasteiger partial charge on any atom is -0.393 e. The summed E-state index contributed by atoms with van der Waals surface area (Å²) in [5.74, 6) is -1.30. The molecular formula is C24H25F5N6O2. The molecule has 0 spiro atoms. The number of fused-ring (bicyclic) bond motifs is 3. The zero-order chi connectivity index (χ0) is 26.7. The average Bonchev–Trinajstić information content (AvgIpc) is 3.16. The zero-order valence-corrected chi connectivity index (χ0v) is 19.6. The number of amides is 1. The van der Waals surface area contributed by atoms with Crippen molar-refractivity contribution >= 4 is 28.7 Å². The molecule has 2 saturated heterocycles. The second kappa shape index (κ2) is 10.8. The zero-order valence-electron chi connectivity index (χ0n) is 19.6. The van der Waals surface area contributed by atoms with Crippen molar-refractivity contribution in [3.8, 4) is 0 Å². The van der Waals surface area contributed by atoms with Gasteiger partial charge in [0, 0.05) is 29.9 Å². The van der Waals surface area contributed by atoms with Crippen LogP contribution in [0.2, 0.25) is 0 Å². The molecule has 0 radical (unpaired) electrons. The predicted octanol–water partition coefficient (Wildman–Crippen LogP) is 4.39. The number of aliphatic hydroxyl groups is 1. The second-order valence-electron chi connectivity index (χ2n) is 8.99. The van der Waals surface area contributed by atoms with Gasteiger partial charge in [-0.1, -0.05) is 6.58 Å². The Morgan fingerprint density at radius 1 is 1.30 bits per heavy atom. The van der Waals surface area contributed by atoms with Crippen LogP contribution in [0.1, 0.15) is 48.3 Å². The number of aliphatic imine (C=N–C) groups is 1. The normalized spacial score (nSPS) is 22.8. The van der Waals surface area contributed by atoms with Gasteiger partial charge in [-0.15, -0.1) is 0 Å². The van der Waals surface area contributed by atoms with Crippen molar-refractivity contribution in [3.05, 3.63) is 54.8 Å². The number of carbonyl (C=O) groups excluding carboxylic acids is 1. The van der Waals surface area contributed by atoms with Crippen LogP contribution in [0.5, 0.6) is 0 Å². The third-order valence-electron chi connectivity index (χ3n) is 6.34. The molecule has 37 heavy (non-hydrogen) atoms. The molecule has 4 rings (SSSR count). The Kier molecular flexibility index (Phi) is 7.71. The number of piperidine rings is 2. The van der Waals surface area contributed by atoms with Crippen molar-refractivity contribution in [2.75, 3.05) is 0 Å². The highest BCUT2D eigenvalue weighted by Crippen LogP contribution is 2.35. The summed E-state index contributed by atoms with van der Waals surface area (Å²) in [4.78, 5) is 23.0. The molecule has 4 heterocycles. The van der Waals surface area contributed by atoms with E-state index in [-0.39, 0.29) is 46.4 Å². The number of pyridine rings is 1. The number of hydrogen-bond donors (Lipinski definition) is 2. The molecule has 2 aromatic heterocycles. The van der Waals surface area contributed by atoms with E-state index in [1.165, 1.54) is 12.3 Å². The van der Waals surface area contributed by atoms with Crippen molar-refractivity contribution in [2.45, 2.75) is 63.0 Å². The predicted molar refractivity (Wildman–Crippen MR) is 127 cm³/mol. The average molecular weight is 524 g/mol. The van der Waals surface area contributed by atoms with Crippen LogP contribution in [0.3, 0.4) is 0 Å². The van der Waals surface area contributed by atoms with Crippen molar-refractivity contribution < 1.29 is 31.9 Å². The molecule has 2 aromatic rings. The van der Waals surface area contributed by atoms with E-state index in [0.29, 0.717) is 17.5 Å². The summed E-state index contributed by atoms with van der Waals surface area (Å²) >= 11 is 0. The molecule has 2 aliphatic heterocycles. The number of nitrogens with one attached hydrogen (secondary N) is 1. The van der Waals surface area contributed by atoms with Gasteiger partial charge in [0.25, 0.3) is 5.91 Å². The van der Waals surface area contributed by atoms with E-state index in [4.69, 9.17) is 0 Å². The first kappa shape index (κ1) is 26.5. The largest absolute Gasteiger partial charge is 0.408 e. The van der Waals surface area contributed by atoms with Crippen molar-refractivity contribution in [3.63, 3.8) is 0 Å². The van der Waals surface area contributed by atoms with E-state index < -0.39 is 30.6 Å². The first-order valence-corrected chi connectivity index (χ1v) is 11.6. The number of aromatic nitrogens is 3. The van der Waals surface area contributed by atoms with E-state index in [0.717, 1.165) is 37.9 Å². The standard InChI is InChI=1S/C24H25F5N6O2/c1-14(26)10-30-12-20(31-6-5-25)22-18-11-32-19(9-21(18)34(33-22)13-24(27,28)29)23(37)35-15-3-2-4-16(35)8-17(36)7-15/h5-6,9-12,15-17,31,36H,1-4,7-8,13H2/b6-5+,20-12-,30-10+. The molecule has 1 amide bonds. The van der Waals surface area contributed by atoms with Gasteiger partial charge in [0.05, 0.1) is 29.7 Å². The molecule has 0 aliphatic carbocycles. The number of alkyl halides is 3. The molecule has 2 bridgehead atoms. The fraction of sp³-hybridized carbons (Fsp3) is 0.417. The Morgan fingerprint density at radius 2 is 2.00 bits per heavy atom. The summed E-state index contributed by atoms with van der Waals surface area (Å²) in [7, 11) is 0. The molecule has 2 N–H and O–H groups in total. The van der Waals surface area contributed by atoms with Crippen molar-refractivity contribution in [1.29, 1.82) is 0 Å². The minimum absolute atomic E-state index is 0.0244. The van der Waals surface area contributed by atoms with Crippen LogP contribution in [0.15, 0.2) is 48.4 Å². The SMILES string of the molecule is C=C(F)/C=N/C=C(\N/C=C/F)c1nn(CC(F)(F)F)c2cc(C(=O)N3C4CCCC3CC(O)C4)ncc12. The lowest BCUT2D eigenvalue weighted by atomic mass is 9.82. The smallest absolute Gasteiger partial charge is 0.393 e. The molecule has 198 valence electrons. The molecule has 8 nitrogen and oxygen atoms in total. The maximum Gasteiger partial charge on any atom is 0.408 e. The maximum absolute atomic E-state index is 13.4. The van der Waals surface area contributed by atoms with Crippen LogP contribution < -0.4 is 5.32 Å². The van der Waals surface area contributed by atoms with Gasteiger partial charge in [0.15, 0.2) is 0 Å². The Labute approximate surface area is 208 Å². The molecule has 2 fully saturated rings. The van der Waals surface area contributed by atoms with E-state index in [9.17, 15) is 31.9 Å². The molecule has 0 saturated carbocycles. The third kappa shape index (κ3) is 6.04. The van der Waals surface area contributed by atoms with Crippen LogP contribution >= 0.6 is 0 Å². The third-order valence-corrected chi connectivity index (χ3v) is 6.34. The van der Waals surface area contributed by atoms with Crippen LogP contribution in [0, 0.1) is 0 Å². The summed E-state index contributed by atoms with van der Waals surface area (Å²) in [5, 5.41) is 16.8. The van der Waals surface area contributed by atoms with Gasteiger partial charge in [-0.25, -0.2) is 8.78 Å². The first-order chi connectivity index (χ1) is 17.6. The van der Waals surface area contributed by atoms with Gasteiger partial charge >= 0.3 is 6.18 Å². The lowest BCUT2D eigenvalue weighted by Gasteiger charge is -2.47. The lowest BCUT2D eigenvalue weighted by molar-refractivity contribution is -0.141. The fourth-order valence-electron chi connectivity index (χ4n) is 4.97. The van der Waals surface area contributed by atoms with E-state index >= 15 is 0 Å². The maximum atomic E-state index is 13.4. The van der Waals surface area contributed by atoms with E-state index in [2.05, 4.69) is 27.0 Å². The van der Waals surface area contributed by atoms with Crippen LogP contribution in [0.4, 0.5) is 22.0 Å². The fourth-order valence-corrected chi connectivity index (χ4v) is 4.97. The monoisotopic (exact) mass is 524 g/mol. The molecule has 2 atom stereocenters. The summed E-state index contributed by atoms with van der Waals surface area (Å²) < 4.78 is 66.4. The number of hydrogen-bond acceptors (Lipinski definition) is 6. The van der Waals surface area contributed by atoms with Crippen LogP contribution in [-0.2, 0) is 6.54 Å². The van der Waals surface area contributed by atoms with Gasteiger partial charge in [0.2, 0.25) is 0 Å².